The van der Waals surface area contributed by atoms with Gasteiger partial charge in [0, 0.05) is 37.2 Å². The lowest BCUT2D eigenvalue weighted by molar-refractivity contribution is 0.607. The molecule has 0 bridgehead atoms. The van der Waals surface area contributed by atoms with Crippen molar-refractivity contribution in [2.75, 3.05) is 18.5 Å². The minimum atomic E-state index is -0.189. The standard InChI is InChI=1S/C15H17FN4S/c1-19(10-11-4-2-3-5-12(11)16)14-13(6-7-17)20-8-9-21-15(20)18-14/h2-5,8-9H,6-7,10,17H2,1H3. The van der Waals surface area contributed by atoms with Crippen LogP contribution in [0, 0.1) is 5.82 Å². The molecular weight excluding hydrogens is 287 g/mol. The van der Waals surface area contributed by atoms with E-state index in [1.807, 2.05) is 29.6 Å². The van der Waals surface area contributed by atoms with Crippen molar-refractivity contribution >= 4 is 22.1 Å². The number of hydrogen-bond acceptors (Lipinski definition) is 4. The molecule has 0 atom stereocenters. The summed E-state index contributed by atoms with van der Waals surface area (Å²) in [5, 5.41) is 2.00. The van der Waals surface area contributed by atoms with Crippen LogP contribution in [0.2, 0.25) is 0 Å². The van der Waals surface area contributed by atoms with Gasteiger partial charge >= 0.3 is 0 Å². The predicted molar refractivity (Wildman–Crippen MR) is 84.3 cm³/mol. The Morgan fingerprint density at radius 1 is 1.38 bits per heavy atom. The lowest BCUT2D eigenvalue weighted by atomic mass is 10.2. The van der Waals surface area contributed by atoms with Gasteiger partial charge in [-0.05, 0) is 12.6 Å². The fourth-order valence-corrected chi connectivity index (χ4v) is 3.18. The molecule has 0 aliphatic heterocycles. The maximum atomic E-state index is 13.8. The average molecular weight is 304 g/mol. The number of hydrogen-bond donors (Lipinski definition) is 1. The van der Waals surface area contributed by atoms with Crippen molar-refractivity contribution in [2.24, 2.45) is 5.73 Å². The highest BCUT2D eigenvalue weighted by molar-refractivity contribution is 7.15. The van der Waals surface area contributed by atoms with Gasteiger partial charge in [0.05, 0.1) is 5.69 Å². The number of benzene rings is 1. The maximum absolute atomic E-state index is 13.8. The Labute approximate surface area is 126 Å². The number of anilines is 1. The predicted octanol–water partition coefficient (Wildman–Crippen LogP) is 2.67. The summed E-state index contributed by atoms with van der Waals surface area (Å²) in [6.07, 6.45) is 2.74. The highest BCUT2D eigenvalue weighted by atomic mass is 32.1. The summed E-state index contributed by atoms with van der Waals surface area (Å²) >= 11 is 1.59. The first kappa shape index (κ1) is 14.0. The molecule has 1 aromatic carbocycles. The highest BCUT2D eigenvalue weighted by Gasteiger charge is 2.17. The third kappa shape index (κ3) is 2.64. The molecule has 0 saturated heterocycles. The molecule has 2 heterocycles. The first-order valence-electron chi connectivity index (χ1n) is 6.79. The van der Waals surface area contributed by atoms with Crippen molar-refractivity contribution in [2.45, 2.75) is 13.0 Å². The number of nitrogens with two attached hydrogens (primary N) is 1. The Morgan fingerprint density at radius 3 is 2.95 bits per heavy atom. The smallest absolute Gasteiger partial charge is 0.195 e. The lowest BCUT2D eigenvalue weighted by Crippen LogP contribution is -2.20. The Bertz CT molecular complexity index is 749. The molecule has 0 unspecified atom stereocenters. The van der Waals surface area contributed by atoms with Crippen molar-refractivity contribution in [1.29, 1.82) is 0 Å². The number of imidazole rings is 1. The first-order chi connectivity index (χ1) is 10.2. The molecule has 3 rings (SSSR count). The Hall–Kier alpha value is -1.92. The van der Waals surface area contributed by atoms with E-state index < -0.39 is 0 Å². The van der Waals surface area contributed by atoms with Crippen LogP contribution >= 0.6 is 11.3 Å². The van der Waals surface area contributed by atoms with E-state index in [2.05, 4.69) is 9.38 Å². The van der Waals surface area contributed by atoms with Crippen LogP contribution in [0.15, 0.2) is 35.8 Å². The van der Waals surface area contributed by atoms with Crippen LogP contribution in [-0.4, -0.2) is 23.0 Å². The van der Waals surface area contributed by atoms with E-state index in [1.54, 1.807) is 23.5 Å². The van der Waals surface area contributed by atoms with E-state index >= 15 is 0 Å². The zero-order valence-electron chi connectivity index (χ0n) is 11.8. The largest absolute Gasteiger partial charge is 0.354 e. The number of aromatic nitrogens is 2. The Morgan fingerprint density at radius 2 is 2.19 bits per heavy atom. The second kappa shape index (κ2) is 5.83. The molecule has 4 nitrogen and oxygen atoms in total. The molecular formula is C15H17FN4S. The van der Waals surface area contributed by atoms with Crippen LogP contribution in [0.4, 0.5) is 10.2 Å². The van der Waals surface area contributed by atoms with Gasteiger partial charge in [-0.2, -0.15) is 0 Å². The second-order valence-corrected chi connectivity index (χ2v) is 5.80. The molecule has 0 spiro atoms. The fourth-order valence-electron chi connectivity index (χ4n) is 2.45. The normalized spacial score (nSPS) is 11.2. The molecule has 2 aromatic heterocycles. The summed E-state index contributed by atoms with van der Waals surface area (Å²) in [6, 6.07) is 6.83. The number of halogens is 1. The van der Waals surface area contributed by atoms with Gasteiger partial charge in [0.1, 0.15) is 5.82 Å². The summed E-state index contributed by atoms with van der Waals surface area (Å²) in [6.45, 7) is 1.04. The maximum Gasteiger partial charge on any atom is 0.195 e. The Balaban J connectivity index is 1.93. The number of rotatable bonds is 5. The topological polar surface area (TPSA) is 46.6 Å². The van der Waals surface area contributed by atoms with Gasteiger partial charge in [0.15, 0.2) is 10.8 Å². The van der Waals surface area contributed by atoms with Gasteiger partial charge in [-0.1, -0.05) is 18.2 Å². The summed E-state index contributed by atoms with van der Waals surface area (Å²) in [5.41, 5.74) is 7.45. The van der Waals surface area contributed by atoms with Crippen molar-refractivity contribution in [3.05, 3.63) is 52.9 Å². The molecule has 0 radical (unpaired) electrons. The van der Waals surface area contributed by atoms with Crippen LogP contribution < -0.4 is 10.6 Å². The van der Waals surface area contributed by atoms with Crippen LogP contribution in [0.5, 0.6) is 0 Å². The molecule has 0 saturated carbocycles. The SMILES string of the molecule is CN(Cc1ccccc1F)c1nc2sccn2c1CCN. The molecule has 6 heteroatoms. The van der Waals surface area contributed by atoms with Crippen molar-refractivity contribution < 1.29 is 4.39 Å². The lowest BCUT2D eigenvalue weighted by Gasteiger charge is -2.18. The number of nitrogens with zero attached hydrogens (tertiary/aromatic N) is 3. The quantitative estimate of drug-likeness (QED) is 0.788. The zero-order chi connectivity index (χ0) is 14.8. The minimum absolute atomic E-state index is 0.189. The molecule has 0 fully saturated rings. The summed E-state index contributed by atoms with van der Waals surface area (Å²) in [7, 11) is 1.93. The molecule has 0 amide bonds. The first-order valence-corrected chi connectivity index (χ1v) is 7.67. The van der Waals surface area contributed by atoms with E-state index in [9.17, 15) is 4.39 Å². The summed E-state index contributed by atoms with van der Waals surface area (Å²) in [4.78, 5) is 7.56. The molecule has 21 heavy (non-hydrogen) atoms. The van der Waals surface area contributed by atoms with Crippen molar-refractivity contribution in [1.82, 2.24) is 9.38 Å². The van der Waals surface area contributed by atoms with E-state index in [1.165, 1.54) is 6.07 Å². The van der Waals surface area contributed by atoms with Gasteiger partial charge in [0.2, 0.25) is 0 Å². The number of fused-ring (bicyclic) bond motifs is 1. The second-order valence-electron chi connectivity index (χ2n) is 4.92. The van der Waals surface area contributed by atoms with E-state index in [0.717, 1.165) is 22.9 Å². The monoisotopic (exact) mass is 304 g/mol. The third-order valence-electron chi connectivity index (χ3n) is 3.45. The Kier molecular flexibility index (Phi) is 3.90. The number of thiazole rings is 1. The molecule has 0 aliphatic rings. The molecule has 2 N–H and O–H groups in total. The summed E-state index contributed by atoms with van der Waals surface area (Å²) < 4.78 is 15.8. The van der Waals surface area contributed by atoms with Crippen molar-refractivity contribution in [3.63, 3.8) is 0 Å². The van der Waals surface area contributed by atoms with E-state index in [4.69, 9.17) is 5.73 Å². The van der Waals surface area contributed by atoms with Crippen LogP contribution in [0.1, 0.15) is 11.3 Å². The third-order valence-corrected chi connectivity index (χ3v) is 4.20. The van der Waals surface area contributed by atoms with Crippen LogP contribution in [-0.2, 0) is 13.0 Å². The molecule has 110 valence electrons. The van der Waals surface area contributed by atoms with Gasteiger partial charge in [-0.15, -0.1) is 11.3 Å². The summed E-state index contributed by atoms with van der Waals surface area (Å²) in [5.74, 6) is 0.682. The van der Waals surface area contributed by atoms with Crippen molar-refractivity contribution in [3.8, 4) is 0 Å². The van der Waals surface area contributed by atoms with E-state index in [-0.39, 0.29) is 5.82 Å². The van der Waals surface area contributed by atoms with Crippen LogP contribution in [0.25, 0.3) is 4.96 Å². The molecule has 3 aromatic rings. The van der Waals surface area contributed by atoms with Gasteiger partial charge in [-0.25, -0.2) is 9.37 Å². The van der Waals surface area contributed by atoms with Gasteiger partial charge in [-0.3, -0.25) is 4.40 Å². The van der Waals surface area contributed by atoms with E-state index in [0.29, 0.717) is 18.7 Å². The average Bonchev–Trinajstić information content (AvgIpc) is 3.04. The van der Waals surface area contributed by atoms with Gasteiger partial charge < -0.3 is 10.6 Å². The zero-order valence-corrected chi connectivity index (χ0v) is 12.6. The minimum Gasteiger partial charge on any atom is -0.354 e. The molecule has 0 aliphatic carbocycles. The fraction of sp³-hybridized carbons (Fsp3) is 0.267. The van der Waals surface area contributed by atoms with Gasteiger partial charge in [0.25, 0.3) is 0 Å². The van der Waals surface area contributed by atoms with Crippen LogP contribution in [0.3, 0.4) is 0 Å². The highest BCUT2D eigenvalue weighted by Crippen LogP contribution is 2.25.